The van der Waals surface area contributed by atoms with Crippen molar-refractivity contribution in [1.29, 1.82) is 0 Å². The van der Waals surface area contributed by atoms with Crippen LogP contribution in [0.4, 0.5) is 0 Å². The Labute approximate surface area is 72.7 Å². The molecule has 11 heavy (non-hydrogen) atoms. The zero-order valence-electron chi connectivity index (χ0n) is 5.91. The third-order valence-corrected chi connectivity index (χ3v) is 3.44. The van der Waals surface area contributed by atoms with Crippen LogP contribution in [0.5, 0.6) is 0 Å². The van der Waals surface area contributed by atoms with Crippen molar-refractivity contribution in [3.05, 3.63) is 16.5 Å². The highest BCUT2D eigenvalue weighted by Crippen LogP contribution is 2.26. The summed E-state index contributed by atoms with van der Waals surface area (Å²) in [6, 6.07) is 2.11. The van der Waals surface area contributed by atoms with Gasteiger partial charge in [0.15, 0.2) is 0 Å². The van der Waals surface area contributed by atoms with Gasteiger partial charge in [0, 0.05) is 6.42 Å². The molecule has 0 aliphatic rings. The molecule has 0 bridgehead atoms. The zero-order chi connectivity index (χ0) is 7.68. The summed E-state index contributed by atoms with van der Waals surface area (Å²) in [5, 5.41) is 3.23. The molecule has 0 unspecified atom stereocenters. The van der Waals surface area contributed by atoms with E-state index >= 15 is 0 Å². The topological polar surface area (TPSA) is 38.9 Å². The molecule has 0 saturated carbocycles. The smallest absolute Gasteiger partial charge is 0.134 e. The van der Waals surface area contributed by atoms with E-state index < -0.39 is 0 Å². The maximum Gasteiger partial charge on any atom is 0.134 e. The molecule has 0 saturated heterocycles. The normalized spacial score (nSPS) is 11.0. The predicted octanol–water partition coefficient (Wildman–Crippen LogP) is 1.86. The maximum absolute atomic E-state index is 5.42. The van der Waals surface area contributed by atoms with Crippen molar-refractivity contribution < 1.29 is 0 Å². The first kappa shape index (κ1) is 7.21. The van der Waals surface area contributed by atoms with E-state index in [0.29, 0.717) is 6.54 Å². The lowest BCUT2D eigenvalue weighted by Crippen LogP contribution is -2.01. The van der Waals surface area contributed by atoms with Gasteiger partial charge in [-0.05, 0) is 18.0 Å². The minimum absolute atomic E-state index is 0.695. The summed E-state index contributed by atoms with van der Waals surface area (Å²) in [7, 11) is 0. The number of rotatable bonds is 2. The summed E-state index contributed by atoms with van der Waals surface area (Å²) >= 11 is 3.44. The second-order valence-electron chi connectivity index (χ2n) is 2.24. The van der Waals surface area contributed by atoms with Gasteiger partial charge in [-0.2, -0.15) is 0 Å². The molecular weight excluding hydrogens is 176 g/mol. The van der Waals surface area contributed by atoms with Gasteiger partial charge in [-0.1, -0.05) is 0 Å². The van der Waals surface area contributed by atoms with Crippen molar-refractivity contribution in [3.63, 3.8) is 0 Å². The van der Waals surface area contributed by atoms with Gasteiger partial charge in [0.25, 0.3) is 0 Å². The molecule has 2 N–H and O–H groups in total. The van der Waals surface area contributed by atoms with Crippen molar-refractivity contribution >= 4 is 32.2 Å². The lowest BCUT2D eigenvalue weighted by atomic mass is 10.5. The molecule has 0 radical (unpaired) electrons. The van der Waals surface area contributed by atoms with E-state index in [1.54, 1.807) is 22.7 Å². The molecule has 2 nitrogen and oxygen atoms in total. The van der Waals surface area contributed by atoms with E-state index in [1.807, 2.05) is 0 Å². The summed E-state index contributed by atoms with van der Waals surface area (Å²) < 4.78 is 1.29. The molecule has 2 aromatic rings. The Kier molecular flexibility index (Phi) is 1.89. The predicted molar refractivity (Wildman–Crippen MR) is 50.3 cm³/mol. The second-order valence-corrected chi connectivity index (χ2v) is 4.25. The first-order valence-corrected chi connectivity index (χ1v) is 5.13. The van der Waals surface area contributed by atoms with E-state index in [-0.39, 0.29) is 0 Å². The summed E-state index contributed by atoms with van der Waals surface area (Å²) in [4.78, 5) is 5.57. The van der Waals surface area contributed by atoms with Crippen molar-refractivity contribution in [2.75, 3.05) is 6.54 Å². The lowest BCUT2D eigenvalue weighted by Gasteiger charge is -1.85. The fraction of sp³-hybridized carbons (Fsp3) is 0.286. The van der Waals surface area contributed by atoms with E-state index in [1.165, 1.54) is 4.70 Å². The van der Waals surface area contributed by atoms with Crippen LogP contribution >= 0.6 is 22.7 Å². The highest BCUT2D eigenvalue weighted by atomic mass is 32.1. The van der Waals surface area contributed by atoms with E-state index in [0.717, 1.165) is 16.3 Å². The average molecular weight is 184 g/mol. The Morgan fingerprint density at radius 1 is 1.55 bits per heavy atom. The summed E-state index contributed by atoms with van der Waals surface area (Å²) in [6.07, 6.45) is 0.909. The molecule has 0 aliphatic heterocycles. The van der Waals surface area contributed by atoms with Crippen LogP contribution in [0, 0.1) is 0 Å². The number of aromatic nitrogens is 1. The fourth-order valence-electron chi connectivity index (χ4n) is 0.942. The third-order valence-electron chi connectivity index (χ3n) is 1.42. The third kappa shape index (κ3) is 1.29. The largest absolute Gasteiger partial charge is 0.330 e. The van der Waals surface area contributed by atoms with Crippen LogP contribution in [-0.2, 0) is 6.42 Å². The van der Waals surface area contributed by atoms with Crippen molar-refractivity contribution in [2.24, 2.45) is 5.73 Å². The number of hydrogen-bond acceptors (Lipinski definition) is 4. The minimum atomic E-state index is 0.695. The molecule has 2 aromatic heterocycles. The highest BCUT2D eigenvalue weighted by molar-refractivity contribution is 7.26. The Morgan fingerprint density at radius 2 is 2.45 bits per heavy atom. The Hall–Kier alpha value is -0.450. The molecular formula is C7H8N2S2. The second kappa shape index (κ2) is 2.89. The van der Waals surface area contributed by atoms with Crippen LogP contribution in [0.25, 0.3) is 9.53 Å². The van der Waals surface area contributed by atoms with Crippen molar-refractivity contribution in [1.82, 2.24) is 4.98 Å². The van der Waals surface area contributed by atoms with Crippen LogP contribution < -0.4 is 5.73 Å². The molecule has 4 heteroatoms. The SMILES string of the molecule is NCCc1nc2sccc2s1. The maximum atomic E-state index is 5.42. The standard InChI is InChI=1S/C7H8N2S2/c8-3-1-6-9-7-5(11-6)2-4-10-7/h2,4H,1,3,8H2. The summed E-state index contributed by atoms with van der Waals surface area (Å²) in [5.41, 5.74) is 5.42. The van der Waals surface area contributed by atoms with Gasteiger partial charge in [0.05, 0.1) is 9.71 Å². The van der Waals surface area contributed by atoms with Crippen LogP contribution in [-0.4, -0.2) is 11.5 Å². The molecule has 0 aliphatic carbocycles. The summed E-state index contributed by atoms with van der Waals surface area (Å²) in [6.45, 7) is 0.695. The molecule has 0 fully saturated rings. The number of hydrogen-bond donors (Lipinski definition) is 1. The monoisotopic (exact) mass is 184 g/mol. The quantitative estimate of drug-likeness (QED) is 0.773. The molecule has 0 spiro atoms. The number of fused-ring (bicyclic) bond motifs is 1. The highest BCUT2D eigenvalue weighted by Gasteiger charge is 2.02. The number of nitrogens with two attached hydrogens (primary N) is 1. The number of thiophene rings is 1. The minimum Gasteiger partial charge on any atom is -0.330 e. The zero-order valence-corrected chi connectivity index (χ0v) is 7.54. The van der Waals surface area contributed by atoms with Gasteiger partial charge in [0.1, 0.15) is 4.83 Å². The number of thiazole rings is 1. The van der Waals surface area contributed by atoms with Gasteiger partial charge in [-0.15, -0.1) is 22.7 Å². The van der Waals surface area contributed by atoms with Crippen LogP contribution in [0.15, 0.2) is 11.4 Å². The van der Waals surface area contributed by atoms with Gasteiger partial charge < -0.3 is 5.73 Å². The van der Waals surface area contributed by atoms with Gasteiger partial charge >= 0.3 is 0 Å². The molecule has 0 atom stereocenters. The average Bonchev–Trinajstić information content (AvgIpc) is 2.46. The Morgan fingerprint density at radius 3 is 3.18 bits per heavy atom. The first-order valence-electron chi connectivity index (χ1n) is 3.43. The molecule has 0 aromatic carbocycles. The van der Waals surface area contributed by atoms with Gasteiger partial charge in [-0.3, -0.25) is 0 Å². The van der Waals surface area contributed by atoms with Crippen molar-refractivity contribution in [3.8, 4) is 0 Å². The number of nitrogens with zero attached hydrogens (tertiary/aromatic N) is 1. The fourth-order valence-corrected chi connectivity index (χ4v) is 2.92. The molecule has 2 rings (SSSR count). The molecule has 58 valence electrons. The van der Waals surface area contributed by atoms with Crippen LogP contribution in [0.3, 0.4) is 0 Å². The lowest BCUT2D eigenvalue weighted by molar-refractivity contribution is 0.959. The summed E-state index contributed by atoms with van der Waals surface area (Å²) in [5.74, 6) is 0. The van der Waals surface area contributed by atoms with Crippen LogP contribution in [0.1, 0.15) is 5.01 Å². The van der Waals surface area contributed by atoms with E-state index in [2.05, 4.69) is 16.4 Å². The van der Waals surface area contributed by atoms with Gasteiger partial charge in [0.2, 0.25) is 0 Å². The van der Waals surface area contributed by atoms with E-state index in [4.69, 9.17) is 5.73 Å². The molecule has 0 amide bonds. The molecule has 2 heterocycles. The first-order chi connectivity index (χ1) is 5.40. The Bertz CT molecular complexity index is 321. The van der Waals surface area contributed by atoms with Crippen LogP contribution in [0.2, 0.25) is 0 Å². The van der Waals surface area contributed by atoms with Gasteiger partial charge in [-0.25, -0.2) is 4.98 Å². The van der Waals surface area contributed by atoms with Crippen molar-refractivity contribution in [2.45, 2.75) is 6.42 Å². The van der Waals surface area contributed by atoms with E-state index in [9.17, 15) is 0 Å². The Balaban J connectivity index is 2.42.